The lowest BCUT2D eigenvalue weighted by molar-refractivity contribution is -0.276. The van der Waals surface area contributed by atoms with Gasteiger partial charge in [0, 0.05) is 11.4 Å². The molecule has 1 aromatic heterocycles. The highest BCUT2D eigenvalue weighted by atomic mass is 79.9. The first-order valence-electron chi connectivity index (χ1n) is 4.55. The van der Waals surface area contributed by atoms with Gasteiger partial charge >= 0.3 is 12.5 Å². The van der Waals surface area contributed by atoms with Crippen LogP contribution in [0.1, 0.15) is 11.3 Å². The molecule has 0 amide bonds. The summed E-state index contributed by atoms with van der Waals surface area (Å²) in [7, 11) is 0.868. The Labute approximate surface area is 111 Å². The van der Waals surface area contributed by atoms with E-state index in [2.05, 4.69) is 30.4 Å². The van der Waals surface area contributed by atoms with E-state index in [0.29, 0.717) is 6.07 Å². The van der Waals surface area contributed by atoms with Crippen LogP contribution in [0.4, 0.5) is 26.3 Å². The van der Waals surface area contributed by atoms with Crippen LogP contribution >= 0.6 is 15.9 Å². The number of pyridine rings is 1. The molecular weight excluding hydrogens is 348 g/mol. The van der Waals surface area contributed by atoms with E-state index < -0.39 is 29.7 Å². The van der Waals surface area contributed by atoms with Gasteiger partial charge in [-0.05, 0) is 0 Å². The molecule has 19 heavy (non-hydrogen) atoms. The maximum Gasteiger partial charge on any atom is 0.573 e. The Bertz CT molecular complexity index is 459. The molecule has 108 valence electrons. The van der Waals surface area contributed by atoms with Crippen LogP contribution in [0.5, 0.6) is 11.6 Å². The van der Waals surface area contributed by atoms with Gasteiger partial charge in [-0.15, -0.1) is 13.2 Å². The predicted molar refractivity (Wildman–Crippen MR) is 55.1 cm³/mol. The minimum atomic E-state index is -5.25. The van der Waals surface area contributed by atoms with Gasteiger partial charge in [-0.25, -0.2) is 4.98 Å². The van der Waals surface area contributed by atoms with E-state index in [1.165, 1.54) is 0 Å². The van der Waals surface area contributed by atoms with Crippen LogP contribution in [0.15, 0.2) is 6.07 Å². The summed E-state index contributed by atoms with van der Waals surface area (Å²) in [6, 6.07) is 0.549. The minimum absolute atomic E-state index is 0.0598. The van der Waals surface area contributed by atoms with Crippen molar-refractivity contribution in [3.63, 3.8) is 0 Å². The van der Waals surface area contributed by atoms with Crippen LogP contribution in [0.2, 0.25) is 0 Å². The molecule has 0 aliphatic rings. The van der Waals surface area contributed by atoms with Crippen LogP contribution < -0.4 is 9.47 Å². The van der Waals surface area contributed by atoms with Crippen molar-refractivity contribution in [2.24, 2.45) is 0 Å². The van der Waals surface area contributed by atoms with Crippen molar-refractivity contribution in [3.8, 4) is 11.6 Å². The lowest BCUT2D eigenvalue weighted by atomic mass is 10.2. The zero-order valence-corrected chi connectivity index (χ0v) is 10.8. The molecule has 0 unspecified atom stereocenters. The first-order valence-corrected chi connectivity index (χ1v) is 5.67. The Morgan fingerprint density at radius 2 is 1.79 bits per heavy atom. The second kappa shape index (κ2) is 5.43. The highest BCUT2D eigenvalue weighted by Gasteiger charge is 2.43. The van der Waals surface area contributed by atoms with E-state index in [1.807, 2.05) is 0 Å². The van der Waals surface area contributed by atoms with Crippen LogP contribution in [-0.2, 0) is 11.5 Å². The second-order valence-corrected chi connectivity index (χ2v) is 3.74. The van der Waals surface area contributed by atoms with Crippen LogP contribution in [0.3, 0.4) is 0 Å². The molecule has 0 bridgehead atoms. The van der Waals surface area contributed by atoms with E-state index in [-0.39, 0.29) is 11.0 Å². The van der Waals surface area contributed by atoms with Crippen molar-refractivity contribution >= 4 is 15.9 Å². The van der Waals surface area contributed by atoms with Gasteiger partial charge in [0.05, 0.1) is 12.8 Å². The molecular formula is C9H6BrF6NO2. The maximum absolute atomic E-state index is 12.7. The lowest BCUT2D eigenvalue weighted by Crippen LogP contribution is -2.21. The van der Waals surface area contributed by atoms with Gasteiger partial charge in [0.15, 0.2) is 5.56 Å². The van der Waals surface area contributed by atoms with E-state index in [4.69, 9.17) is 0 Å². The first kappa shape index (κ1) is 15.9. The Balaban J connectivity index is 3.47. The van der Waals surface area contributed by atoms with Gasteiger partial charge in [-0.1, -0.05) is 15.9 Å². The molecule has 0 radical (unpaired) electrons. The van der Waals surface area contributed by atoms with Crippen molar-refractivity contribution in [1.82, 2.24) is 4.98 Å². The van der Waals surface area contributed by atoms with E-state index in [0.717, 1.165) is 7.11 Å². The number of hydrogen-bond donors (Lipinski definition) is 0. The molecule has 0 atom stereocenters. The molecule has 0 N–H and O–H groups in total. The van der Waals surface area contributed by atoms with E-state index in [9.17, 15) is 26.3 Å². The third-order valence-corrected chi connectivity index (χ3v) is 2.42. The number of hydrogen-bond acceptors (Lipinski definition) is 3. The fraction of sp³-hybridized carbons (Fsp3) is 0.444. The minimum Gasteiger partial charge on any atom is -0.480 e. The zero-order chi connectivity index (χ0) is 14.8. The Morgan fingerprint density at radius 3 is 2.16 bits per heavy atom. The highest BCUT2D eigenvalue weighted by Crippen LogP contribution is 2.43. The molecule has 0 spiro atoms. The van der Waals surface area contributed by atoms with Gasteiger partial charge in [0.25, 0.3) is 0 Å². The summed E-state index contributed by atoms with van der Waals surface area (Å²) < 4.78 is 82.3. The van der Waals surface area contributed by atoms with Crippen molar-refractivity contribution in [2.75, 3.05) is 7.11 Å². The molecule has 1 heterocycles. The third kappa shape index (κ3) is 4.15. The molecule has 0 saturated carbocycles. The average molecular weight is 354 g/mol. The van der Waals surface area contributed by atoms with Gasteiger partial charge in [-0.2, -0.15) is 13.2 Å². The molecule has 3 nitrogen and oxygen atoms in total. The summed E-state index contributed by atoms with van der Waals surface area (Å²) in [6.07, 6.45) is -10.3. The number of methoxy groups -OCH3 is 1. The summed E-state index contributed by atoms with van der Waals surface area (Å²) in [5.41, 5.74) is -1.80. The van der Waals surface area contributed by atoms with Crippen LogP contribution in [-0.4, -0.2) is 18.5 Å². The molecule has 0 fully saturated rings. The second-order valence-electron chi connectivity index (χ2n) is 3.18. The van der Waals surface area contributed by atoms with Gasteiger partial charge in [-0.3, -0.25) is 0 Å². The third-order valence-electron chi connectivity index (χ3n) is 1.84. The summed E-state index contributed by atoms with van der Waals surface area (Å²) >= 11 is 2.87. The molecule has 1 aromatic rings. The highest BCUT2D eigenvalue weighted by molar-refractivity contribution is 9.08. The number of aromatic nitrogens is 1. The summed E-state index contributed by atoms with van der Waals surface area (Å²) in [5.74, 6) is -2.38. The molecule has 0 aliphatic heterocycles. The SMILES string of the molecule is COc1nc(CBr)cc(OC(F)(F)F)c1C(F)(F)F. The van der Waals surface area contributed by atoms with Crippen LogP contribution in [0, 0.1) is 0 Å². The first-order chi connectivity index (χ1) is 8.58. The summed E-state index contributed by atoms with van der Waals surface area (Å²) in [6.45, 7) is 0. The number of alkyl halides is 7. The van der Waals surface area contributed by atoms with Gasteiger partial charge in [0.1, 0.15) is 5.75 Å². The largest absolute Gasteiger partial charge is 0.573 e. The van der Waals surface area contributed by atoms with E-state index in [1.54, 1.807) is 0 Å². The summed E-state index contributed by atoms with van der Waals surface area (Å²) in [5, 5.41) is -0.0598. The number of rotatable bonds is 3. The van der Waals surface area contributed by atoms with Crippen molar-refractivity contribution in [1.29, 1.82) is 0 Å². The molecule has 0 aliphatic carbocycles. The van der Waals surface area contributed by atoms with Crippen LogP contribution in [0.25, 0.3) is 0 Å². The summed E-state index contributed by atoms with van der Waals surface area (Å²) in [4.78, 5) is 3.43. The van der Waals surface area contributed by atoms with Gasteiger partial charge in [0.2, 0.25) is 5.88 Å². The lowest BCUT2D eigenvalue weighted by Gasteiger charge is -2.18. The normalized spacial score (nSPS) is 12.4. The zero-order valence-electron chi connectivity index (χ0n) is 9.19. The fourth-order valence-electron chi connectivity index (χ4n) is 1.23. The Morgan fingerprint density at radius 1 is 1.21 bits per heavy atom. The molecule has 10 heteroatoms. The van der Waals surface area contributed by atoms with Crippen molar-refractivity contribution < 1.29 is 35.8 Å². The monoisotopic (exact) mass is 353 g/mol. The molecule has 0 saturated heterocycles. The van der Waals surface area contributed by atoms with Gasteiger partial charge < -0.3 is 9.47 Å². The quantitative estimate of drug-likeness (QED) is 0.610. The number of halogens is 7. The standard InChI is InChI=1S/C9H6BrF6NO2/c1-18-7-6(8(11,12)13)5(19-9(14,15)16)2-4(3-10)17-7/h2H,3H2,1H3. The maximum atomic E-state index is 12.7. The topological polar surface area (TPSA) is 31.4 Å². The van der Waals surface area contributed by atoms with Crippen molar-refractivity contribution in [2.45, 2.75) is 17.9 Å². The average Bonchev–Trinajstić information content (AvgIpc) is 2.23. The Kier molecular flexibility index (Phi) is 4.54. The van der Waals surface area contributed by atoms with Crippen molar-refractivity contribution in [3.05, 3.63) is 17.3 Å². The number of ether oxygens (including phenoxy) is 2. The molecule has 0 aromatic carbocycles. The predicted octanol–water partition coefficient (Wildman–Crippen LogP) is 3.90. The smallest absolute Gasteiger partial charge is 0.480 e. The molecule has 1 rings (SSSR count). The fourth-order valence-corrected chi connectivity index (χ4v) is 1.52. The van der Waals surface area contributed by atoms with E-state index >= 15 is 0 Å². The number of nitrogens with zero attached hydrogens (tertiary/aromatic N) is 1. The Hall–Kier alpha value is -1.19.